The zero-order valence-corrected chi connectivity index (χ0v) is 12.7. The normalized spacial score (nSPS) is 11.1. The Morgan fingerprint density at radius 1 is 1.33 bits per heavy atom. The molecule has 1 aromatic carbocycles. The van der Waals surface area contributed by atoms with Gasteiger partial charge in [0.05, 0.1) is 17.3 Å². The molecule has 0 aliphatic rings. The largest absolute Gasteiger partial charge is 0.492 e. The number of aromatic amines is 1. The van der Waals surface area contributed by atoms with Crippen LogP contribution in [-0.2, 0) is 10.0 Å². The van der Waals surface area contributed by atoms with E-state index in [4.69, 9.17) is 16.3 Å². The molecule has 2 aromatic rings. The molecule has 0 unspecified atom stereocenters. The summed E-state index contributed by atoms with van der Waals surface area (Å²) in [6.45, 7) is 2.26. The maximum Gasteiger partial charge on any atom is 0.267 e. The second kappa shape index (κ2) is 6.19. The lowest BCUT2D eigenvalue weighted by molar-refractivity contribution is 0.340. The number of ether oxygens (including phenoxy) is 1. The standard InChI is InChI=1S/C13H13ClN2O4S/c1-2-20-12-4-3-9(7-10(12)14)16-21(18,19)13-8-15-6-5-11(13)17/h3-8,16H,2H2,1H3,(H,15,17). The number of pyridine rings is 1. The van der Waals surface area contributed by atoms with Crippen molar-refractivity contribution < 1.29 is 13.2 Å². The van der Waals surface area contributed by atoms with E-state index < -0.39 is 15.5 Å². The summed E-state index contributed by atoms with van der Waals surface area (Å²) in [6.07, 6.45) is 2.48. The molecule has 0 aliphatic carbocycles. The minimum atomic E-state index is -3.98. The summed E-state index contributed by atoms with van der Waals surface area (Å²) in [5.74, 6) is 0.458. The van der Waals surface area contributed by atoms with Crippen LogP contribution in [0.15, 0.2) is 46.3 Å². The van der Waals surface area contributed by atoms with E-state index in [1.54, 1.807) is 6.07 Å². The molecule has 112 valence electrons. The number of nitrogens with one attached hydrogen (secondary N) is 2. The van der Waals surface area contributed by atoms with E-state index in [2.05, 4.69) is 9.71 Å². The van der Waals surface area contributed by atoms with Gasteiger partial charge in [-0.1, -0.05) is 11.6 Å². The van der Waals surface area contributed by atoms with Gasteiger partial charge in [-0.15, -0.1) is 0 Å². The number of rotatable bonds is 5. The highest BCUT2D eigenvalue weighted by atomic mass is 35.5. The first-order valence-corrected chi connectivity index (χ1v) is 7.92. The first-order valence-electron chi connectivity index (χ1n) is 6.06. The first kappa shape index (κ1) is 15.4. The molecule has 0 radical (unpaired) electrons. The van der Waals surface area contributed by atoms with E-state index >= 15 is 0 Å². The molecule has 2 rings (SSSR count). The predicted octanol–water partition coefficient (Wildman–Crippen LogP) is 2.23. The van der Waals surface area contributed by atoms with Gasteiger partial charge in [0, 0.05) is 18.5 Å². The Morgan fingerprint density at radius 3 is 2.71 bits per heavy atom. The molecule has 1 heterocycles. The Balaban J connectivity index is 2.31. The number of benzene rings is 1. The number of sulfonamides is 1. The zero-order valence-electron chi connectivity index (χ0n) is 11.1. The van der Waals surface area contributed by atoms with Crippen LogP contribution in [0.3, 0.4) is 0 Å². The van der Waals surface area contributed by atoms with Gasteiger partial charge in [0.25, 0.3) is 10.0 Å². The highest BCUT2D eigenvalue weighted by molar-refractivity contribution is 7.92. The van der Waals surface area contributed by atoms with Crippen LogP contribution in [0.5, 0.6) is 5.75 Å². The fraction of sp³-hybridized carbons (Fsp3) is 0.154. The van der Waals surface area contributed by atoms with Gasteiger partial charge in [0.1, 0.15) is 5.75 Å². The van der Waals surface area contributed by atoms with Crippen molar-refractivity contribution in [3.63, 3.8) is 0 Å². The first-order chi connectivity index (χ1) is 9.94. The summed E-state index contributed by atoms with van der Waals surface area (Å²) >= 11 is 5.99. The fourth-order valence-electron chi connectivity index (χ4n) is 1.66. The molecule has 0 spiro atoms. The average molecular weight is 329 g/mol. The third-order valence-electron chi connectivity index (χ3n) is 2.56. The van der Waals surface area contributed by atoms with Crippen molar-refractivity contribution in [2.75, 3.05) is 11.3 Å². The van der Waals surface area contributed by atoms with Gasteiger partial charge in [-0.2, -0.15) is 0 Å². The molecule has 6 nitrogen and oxygen atoms in total. The molecule has 0 aliphatic heterocycles. The summed E-state index contributed by atoms with van der Waals surface area (Å²) in [5, 5.41) is 0.277. The molecule has 0 atom stereocenters. The minimum absolute atomic E-state index is 0.242. The van der Waals surface area contributed by atoms with Crippen molar-refractivity contribution in [1.82, 2.24) is 4.98 Å². The van der Waals surface area contributed by atoms with Crippen molar-refractivity contribution >= 4 is 27.3 Å². The molecule has 8 heteroatoms. The van der Waals surface area contributed by atoms with Gasteiger partial charge in [0.15, 0.2) is 4.90 Å². The van der Waals surface area contributed by atoms with Crippen molar-refractivity contribution in [2.45, 2.75) is 11.8 Å². The molecule has 0 amide bonds. The molecule has 0 fully saturated rings. The number of aromatic nitrogens is 1. The highest BCUT2D eigenvalue weighted by Gasteiger charge is 2.18. The van der Waals surface area contributed by atoms with Gasteiger partial charge in [-0.3, -0.25) is 9.52 Å². The Morgan fingerprint density at radius 2 is 2.10 bits per heavy atom. The molecule has 1 aromatic heterocycles. The van der Waals surface area contributed by atoms with E-state index in [9.17, 15) is 13.2 Å². The predicted molar refractivity (Wildman–Crippen MR) is 80.5 cm³/mol. The second-order valence-corrected chi connectivity index (χ2v) is 6.11. The number of hydrogen-bond donors (Lipinski definition) is 2. The third-order valence-corrected chi connectivity index (χ3v) is 4.26. The monoisotopic (exact) mass is 328 g/mol. The van der Waals surface area contributed by atoms with Gasteiger partial charge in [0.2, 0.25) is 5.43 Å². The Hall–Kier alpha value is -1.99. The van der Waals surface area contributed by atoms with Crippen molar-refractivity contribution in [3.8, 4) is 5.75 Å². The van der Waals surface area contributed by atoms with Crippen molar-refractivity contribution in [3.05, 3.63) is 51.9 Å². The number of anilines is 1. The summed E-state index contributed by atoms with van der Waals surface area (Å²) in [4.78, 5) is 13.8. The van der Waals surface area contributed by atoms with Crippen LogP contribution in [0.2, 0.25) is 5.02 Å². The zero-order chi connectivity index (χ0) is 15.5. The maximum absolute atomic E-state index is 12.1. The molecule has 0 saturated carbocycles. The summed E-state index contributed by atoms with van der Waals surface area (Å²) < 4.78 is 31.8. The van der Waals surface area contributed by atoms with Crippen LogP contribution >= 0.6 is 11.6 Å². The number of hydrogen-bond acceptors (Lipinski definition) is 4. The quantitative estimate of drug-likeness (QED) is 0.881. The second-order valence-electron chi connectivity index (χ2n) is 4.06. The lowest BCUT2D eigenvalue weighted by Gasteiger charge is -2.10. The van der Waals surface area contributed by atoms with Crippen LogP contribution < -0.4 is 14.9 Å². The molecule has 2 N–H and O–H groups in total. The minimum Gasteiger partial charge on any atom is -0.492 e. The van der Waals surface area contributed by atoms with Crippen LogP contribution in [0, 0.1) is 0 Å². The van der Waals surface area contributed by atoms with Gasteiger partial charge < -0.3 is 9.72 Å². The highest BCUT2D eigenvalue weighted by Crippen LogP contribution is 2.28. The molecular weight excluding hydrogens is 316 g/mol. The van der Waals surface area contributed by atoms with Crippen molar-refractivity contribution in [2.24, 2.45) is 0 Å². The SMILES string of the molecule is CCOc1ccc(NS(=O)(=O)c2c[nH]ccc2=O)cc1Cl. The van der Waals surface area contributed by atoms with Crippen LogP contribution in [-0.4, -0.2) is 20.0 Å². The molecule has 0 bridgehead atoms. The Labute approximate surface area is 126 Å². The number of H-pyrrole nitrogens is 1. The van der Waals surface area contributed by atoms with Crippen molar-refractivity contribution in [1.29, 1.82) is 0 Å². The lowest BCUT2D eigenvalue weighted by atomic mass is 10.3. The smallest absolute Gasteiger partial charge is 0.267 e. The molecule has 0 saturated heterocycles. The Kier molecular flexibility index (Phi) is 4.54. The van der Waals surface area contributed by atoms with E-state index in [0.29, 0.717) is 12.4 Å². The third kappa shape index (κ3) is 3.56. The fourth-order valence-corrected chi connectivity index (χ4v) is 3.00. The molecule has 21 heavy (non-hydrogen) atoms. The maximum atomic E-state index is 12.1. The van der Waals surface area contributed by atoms with E-state index in [1.807, 2.05) is 6.92 Å². The summed E-state index contributed by atoms with van der Waals surface area (Å²) in [5.41, 5.74) is -0.356. The van der Waals surface area contributed by atoms with Gasteiger partial charge in [-0.05, 0) is 25.1 Å². The van der Waals surface area contributed by atoms with E-state index in [1.165, 1.54) is 18.3 Å². The Bertz CT molecular complexity index is 802. The van der Waals surface area contributed by atoms with E-state index in [-0.39, 0.29) is 15.6 Å². The summed E-state index contributed by atoms with van der Waals surface area (Å²) in [6, 6.07) is 5.62. The number of halogens is 1. The van der Waals surface area contributed by atoms with Crippen LogP contribution in [0.4, 0.5) is 5.69 Å². The van der Waals surface area contributed by atoms with Crippen LogP contribution in [0.1, 0.15) is 6.92 Å². The molecular formula is C13H13ClN2O4S. The van der Waals surface area contributed by atoms with E-state index in [0.717, 1.165) is 12.3 Å². The lowest BCUT2D eigenvalue weighted by Crippen LogP contribution is -2.20. The van der Waals surface area contributed by atoms with Gasteiger partial charge in [-0.25, -0.2) is 8.42 Å². The van der Waals surface area contributed by atoms with Gasteiger partial charge >= 0.3 is 0 Å². The van der Waals surface area contributed by atoms with Crippen LogP contribution in [0.25, 0.3) is 0 Å². The topological polar surface area (TPSA) is 88.3 Å². The average Bonchev–Trinajstić information content (AvgIpc) is 2.42. The summed E-state index contributed by atoms with van der Waals surface area (Å²) in [7, 11) is -3.98.